The molecule has 1 aliphatic rings. The van der Waals surface area contributed by atoms with Crippen LogP contribution in [0.15, 0.2) is 60.6 Å². The van der Waals surface area contributed by atoms with Crippen molar-refractivity contribution in [2.24, 2.45) is 0 Å². The van der Waals surface area contributed by atoms with E-state index in [4.69, 9.17) is 0 Å². The number of nitrogens with zero attached hydrogens (tertiary/aromatic N) is 4. The van der Waals surface area contributed by atoms with Crippen molar-refractivity contribution in [3.05, 3.63) is 71.8 Å². The van der Waals surface area contributed by atoms with Crippen molar-refractivity contribution in [2.45, 2.75) is 19.4 Å². The van der Waals surface area contributed by atoms with Crippen molar-refractivity contribution in [1.29, 1.82) is 0 Å². The second kappa shape index (κ2) is 6.34. The predicted molar refractivity (Wildman–Crippen MR) is 91.9 cm³/mol. The summed E-state index contributed by atoms with van der Waals surface area (Å²) in [6.07, 6.45) is 10.4. The van der Waals surface area contributed by atoms with E-state index in [2.05, 4.69) is 55.7 Å². The Balaban J connectivity index is 1.41. The molecule has 0 spiro atoms. The number of rotatable bonds is 3. The zero-order valence-corrected chi connectivity index (χ0v) is 13.1. The largest absolute Gasteiger partial charge is 0.297 e. The van der Waals surface area contributed by atoms with Crippen LogP contribution in [0.2, 0.25) is 0 Å². The van der Waals surface area contributed by atoms with Gasteiger partial charge in [-0.2, -0.15) is 0 Å². The third kappa shape index (κ3) is 3.17. The fourth-order valence-electron chi connectivity index (χ4n) is 3.15. The van der Waals surface area contributed by atoms with E-state index in [1.54, 1.807) is 11.8 Å². The van der Waals surface area contributed by atoms with Gasteiger partial charge in [0.1, 0.15) is 0 Å². The molecule has 4 nitrogen and oxygen atoms in total. The smallest absolute Gasteiger partial charge is 0.233 e. The van der Waals surface area contributed by atoms with E-state index in [1.807, 2.05) is 18.5 Å². The summed E-state index contributed by atoms with van der Waals surface area (Å²) in [5, 5.41) is 0. The molecule has 1 aromatic carbocycles. The first-order valence-corrected chi connectivity index (χ1v) is 8.12. The van der Waals surface area contributed by atoms with Gasteiger partial charge in [0.15, 0.2) is 0 Å². The van der Waals surface area contributed by atoms with Crippen LogP contribution in [0.3, 0.4) is 0 Å². The SMILES string of the molecule is C(=C1CCN(Cc2cnc3ncccn23)CC1)c1ccccc1. The van der Waals surface area contributed by atoms with Crippen LogP contribution in [0.1, 0.15) is 24.1 Å². The van der Waals surface area contributed by atoms with Crippen LogP contribution in [0.5, 0.6) is 0 Å². The van der Waals surface area contributed by atoms with Gasteiger partial charge in [0.25, 0.3) is 0 Å². The standard InChI is InChI=1S/C19H20N4/c1-2-5-16(6-3-1)13-17-7-11-22(12-8-17)15-18-14-21-19-20-9-4-10-23(18)19/h1-6,9-10,13-14H,7-8,11-12,15H2. The minimum atomic E-state index is 0.782. The maximum absolute atomic E-state index is 4.37. The maximum Gasteiger partial charge on any atom is 0.233 e. The highest BCUT2D eigenvalue weighted by molar-refractivity contribution is 5.52. The lowest BCUT2D eigenvalue weighted by Crippen LogP contribution is -2.30. The summed E-state index contributed by atoms with van der Waals surface area (Å²) in [5.41, 5.74) is 4.07. The molecule has 0 saturated carbocycles. The van der Waals surface area contributed by atoms with Gasteiger partial charge < -0.3 is 0 Å². The normalized spacial score (nSPS) is 15.9. The Morgan fingerprint density at radius 2 is 1.83 bits per heavy atom. The molecule has 23 heavy (non-hydrogen) atoms. The van der Waals surface area contributed by atoms with Gasteiger partial charge in [-0.3, -0.25) is 9.30 Å². The van der Waals surface area contributed by atoms with Gasteiger partial charge in [0.2, 0.25) is 5.78 Å². The zero-order valence-electron chi connectivity index (χ0n) is 13.1. The molecule has 2 aromatic heterocycles. The molecule has 1 aliphatic heterocycles. The van der Waals surface area contributed by atoms with E-state index in [9.17, 15) is 0 Å². The maximum atomic E-state index is 4.37. The molecule has 4 rings (SSSR count). The third-order valence-electron chi connectivity index (χ3n) is 4.42. The summed E-state index contributed by atoms with van der Waals surface area (Å²) in [7, 11) is 0. The molecule has 3 heterocycles. The van der Waals surface area contributed by atoms with E-state index in [1.165, 1.54) is 11.3 Å². The van der Waals surface area contributed by atoms with Crippen molar-refractivity contribution in [2.75, 3.05) is 13.1 Å². The monoisotopic (exact) mass is 304 g/mol. The Labute approximate surface area is 136 Å². The van der Waals surface area contributed by atoms with Crippen molar-refractivity contribution in [3.8, 4) is 0 Å². The molecule has 4 heteroatoms. The van der Waals surface area contributed by atoms with E-state index in [0.29, 0.717) is 0 Å². The number of aromatic nitrogens is 3. The number of imidazole rings is 1. The highest BCUT2D eigenvalue weighted by atomic mass is 15.2. The molecule has 116 valence electrons. The number of benzene rings is 1. The van der Waals surface area contributed by atoms with E-state index in [-0.39, 0.29) is 0 Å². The van der Waals surface area contributed by atoms with Gasteiger partial charge in [-0.25, -0.2) is 9.97 Å². The van der Waals surface area contributed by atoms with Crippen molar-refractivity contribution < 1.29 is 0 Å². The van der Waals surface area contributed by atoms with E-state index in [0.717, 1.165) is 38.3 Å². The van der Waals surface area contributed by atoms with Crippen molar-refractivity contribution in [1.82, 2.24) is 19.3 Å². The summed E-state index contributed by atoms with van der Waals surface area (Å²) in [6, 6.07) is 12.6. The van der Waals surface area contributed by atoms with Crippen LogP contribution < -0.4 is 0 Å². The zero-order chi connectivity index (χ0) is 15.5. The lowest BCUT2D eigenvalue weighted by atomic mass is 10.0. The first-order chi connectivity index (χ1) is 11.4. The number of hydrogen-bond donors (Lipinski definition) is 0. The van der Waals surface area contributed by atoms with Gasteiger partial charge in [-0.1, -0.05) is 42.0 Å². The summed E-state index contributed by atoms with van der Waals surface area (Å²) in [4.78, 5) is 11.1. The molecular formula is C19H20N4. The Hall–Kier alpha value is -2.46. The van der Waals surface area contributed by atoms with Gasteiger partial charge >= 0.3 is 0 Å². The van der Waals surface area contributed by atoms with Gasteiger partial charge in [0.05, 0.1) is 11.9 Å². The quantitative estimate of drug-likeness (QED) is 0.743. The molecular weight excluding hydrogens is 284 g/mol. The summed E-state index contributed by atoms with van der Waals surface area (Å²) in [6.45, 7) is 3.14. The average molecular weight is 304 g/mol. The summed E-state index contributed by atoms with van der Waals surface area (Å²) in [5.74, 6) is 0.782. The molecule has 1 saturated heterocycles. The van der Waals surface area contributed by atoms with E-state index >= 15 is 0 Å². The lowest BCUT2D eigenvalue weighted by Gasteiger charge is -2.28. The molecule has 3 aromatic rings. The Kier molecular flexibility index (Phi) is 3.90. The van der Waals surface area contributed by atoms with Crippen LogP contribution >= 0.6 is 0 Å². The highest BCUT2D eigenvalue weighted by Crippen LogP contribution is 2.21. The van der Waals surface area contributed by atoms with Crippen LogP contribution in [-0.2, 0) is 6.54 Å². The van der Waals surface area contributed by atoms with Crippen LogP contribution in [0.4, 0.5) is 0 Å². The Morgan fingerprint density at radius 1 is 1.00 bits per heavy atom. The molecule has 0 unspecified atom stereocenters. The van der Waals surface area contributed by atoms with E-state index < -0.39 is 0 Å². The molecule has 0 N–H and O–H groups in total. The van der Waals surface area contributed by atoms with Crippen molar-refractivity contribution >= 4 is 11.9 Å². The van der Waals surface area contributed by atoms with Crippen molar-refractivity contribution in [3.63, 3.8) is 0 Å². The van der Waals surface area contributed by atoms with Crippen LogP contribution in [0.25, 0.3) is 11.9 Å². The minimum absolute atomic E-state index is 0.782. The molecule has 1 fully saturated rings. The van der Waals surface area contributed by atoms with Crippen LogP contribution in [-0.4, -0.2) is 32.4 Å². The fourth-order valence-corrected chi connectivity index (χ4v) is 3.15. The molecule has 0 radical (unpaired) electrons. The Bertz CT molecular complexity index is 810. The highest BCUT2D eigenvalue weighted by Gasteiger charge is 2.15. The fraction of sp³-hybridized carbons (Fsp3) is 0.263. The van der Waals surface area contributed by atoms with Crippen LogP contribution in [0, 0.1) is 0 Å². The number of hydrogen-bond acceptors (Lipinski definition) is 3. The first kappa shape index (κ1) is 14.2. The molecule has 0 amide bonds. The lowest BCUT2D eigenvalue weighted by molar-refractivity contribution is 0.245. The first-order valence-electron chi connectivity index (χ1n) is 8.12. The third-order valence-corrected chi connectivity index (χ3v) is 4.42. The Morgan fingerprint density at radius 3 is 2.65 bits per heavy atom. The van der Waals surface area contributed by atoms with Gasteiger partial charge in [0, 0.05) is 32.0 Å². The van der Waals surface area contributed by atoms with Gasteiger partial charge in [-0.15, -0.1) is 0 Å². The number of fused-ring (bicyclic) bond motifs is 1. The number of likely N-dealkylation sites (tertiary alicyclic amines) is 1. The number of piperidine rings is 1. The minimum Gasteiger partial charge on any atom is -0.297 e. The summed E-state index contributed by atoms with van der Waals surface area (Å²) >= 11 is 0. The van der Waals surface area contributed by atoms with Gasteiger partial charge in [-0.05, 0) is 24.5 Å². The molecule has 0 bridgehead atoms. The average Bonchev–Trinajstić information content (AvgIpc) is 3.01. The summed E-state index contributed by atoms with van der Waals surface area (Å²) < 4.78 is 2.08. The predicted octanol–water partition coefficient (Wildman–Crippen LogP) is 3.41. The molecule has 0 aliphatic carbocycles. The topological polar surface area (TPSA) is 33.4 Å². The second-order valence-corrected chi connectivity index (χ2v) is 6.03. The second-order valence-electron chi connectivity index (χ2n) is 6.03. The molecule has 0 atom stereocenters.